The zero-order valence-electron chi connectivity index (χ0n) is 6.54. The third kappa shape index (κ3) is 1.01. The Kier molecular flexibility index (Phi) is 1.47. The van der Waals surface area contributed by atoms with Crippen LogP contribution in [0.4, 0.5) is 0 Å². The van der Waals surface area contributed by atoms with Gasteiger partial charge in [0.1, 0.15) is 5.75 Å². The summed E-state index contributed by atoms with van der Waals surface area (Å²) in [4.78, 5) is 11.0. The Hall–Kier alpha value is -1.57. The number of hydrogen-bond donors (Lipinski definition) is 0. The quantitative estimate of drug-likeness (QED) is 0.428. The number of carbonyl (C=O) groups is 1. The van der Waals surface area contributed by atoms with Gasteiger partial charge in [0.2, 0.25) is 0 Å². The molecule has 0 fully saturated rings. The lowest BCUT2D eigenvalue weighted by atomic mass is 10.0. The van der Waals surface area contributed by atoms with Crippen LogP contribution < -0.4 is 4.74 Å². The number of benzene rings is 1. The summed E-state index contributed by atoms with van der Waals surface area (Å²) in [5, 5.41) is 0. The van der Waals surface area contributed by atoms with Crippen molar-refractivity contribution in [1.82, 2.24) is 0 Å². The Bertz CT molecular complexity index is 353. The molecule has 0 bridgehead atoms. The first-order valence-corrected chi connectivity index (χ1v) is 3.75. The third-order valence-electron chi connectivity index (χ3n) is 1.85. The Labute approximate surface area is 70.5 Å². The molecule has 1 aromatic carbocycles. The third-order valence-corrected chi connectivity index (χ3v) is 1.85. The van der Waals surface area contributed by atoms with Gasteiger partial charge in [-0.2, -0.15) is 0 Å². The van der Waals surface area contributed by atoms with E-state index in [0.717, 1.165) is 11.1 Å². The Morgan fingerprint density at radius 1 is 1.33 bits per heavy atom. The lowest BCUT2D eigenvalue weighted by Crippen LogP contribution is -2.14. The molecule has 12 heavy (non-hydrogen) atoms. The van der Waals surface area contributed by atoms with Crippen LogP contribution in [0.3, 0.4) is 0 Å². The monoisotopic (exact) mass is 160 g/mol. The standard InChI is InChI=1S/C10H8O2/c1-7-6-10(11)12-9-5-3-2-4-8(7)9/h2-5H,1,6H2. The van der Waals surface area contributed by atoms with Gasteiger partial charge in [0.15, 0.2) is 0 Å². The van der Waals surface area contributed by atoms with Crippen molar-refractivity contribution in [3.05, 3.63) is 36.4 Å². The summed E-state index contributed by atoms with van der Waals surface area (Å²) in [6.45, 7) is 3.81. The summed E-state index contributed by atoms with van der Waals surface area (Å²) in [5.74, 6) is 0.400. The first-order chi connectivity index (χ1) is 5.77. The Balaban J connectivity index is 2.54. The van der Waals surface area contributed by atoms with E-state index in [4.69, 9.17) is 4.74 Å². The van der Waals surface area contributed by atoms with Crippen LogP contribution in [0.1, 0.15) is 12.0 Å². The molecule has 0 N–H and O–H groups in total. The molecule has 2 nitrogen and oxygen atoms in total. The van der Waals surface area contributed by atoms with Crippen molar-refractivity contribution >= 4 is 11.5 Å². The molecule has 0 radical (unpaired) electrons. The molecule has 1 heterocycles. The van der Waals surface area contributed by atoms with Gasteiger partial charge in [-0.3, -0.25) is 4.79 Å². The molecule has 2 rings (SSSR count). The molecule has 0 aromatic heterocycles. The van der Waals surface area contributed by atoms with Gasteiger partial charge in [0.25, 0.3) is 0 Å². The number of hydrogen-bond acceptors (Lipinski definition) is 2. The summed E-state index contributed by atoms with van der Waals surface area (Å²) in [7, 11) is 0. The topological polar surface area (TPSA) is 26.3 Å². The smallest absolute Gasteiger partial charge is 0.315 e. The first kappa shape index (κ1) is 7.10. The van der Waals surface area contributed by atoms with Crippen molar-refractivity contribution < 1.29 is 9.53 Å². The van der Waals surface area contributed by atoms with E-state index in [9.17, 15) is 4.79 Å². The summed E-state index contributed by atoms with van der Waals surface area (Å²) >= 11 is 0. The van der Waals surface area contributed by atoms with Gasteiger partial charge in [0, 0.05) is 5.56 Å². The molecule has 0 atom stereocenters. The van der Waals surface area contributed by atoms with Gasteiger partial charge in [-0.1, -0.05) is 24.8 Å². The van der Waals surface area contributed by atoms with Crippen LogP contribution in [0.2, 0.25) is 0 Å². The zero-order chi connectivity index (χ0) is 8.55. The van der Waals surface area contributed by atoms with E-state index in [-0.39, 0.29) is 5.97 Å². The van der Waals surface area contributed by atoms with Crippen molar-refractivity contribution in [3.63, 3.8) is 0 Å². The fourth-order valence-corrected chi connectivity index (χ4v) is 1.28. The second kappa shape index (κ2) is 2.48. The molecule has 0 saturated carbocycles. The van der Waals surface area contributed by atoms with E-state index in [1.807, 2.05) is 18.2 Å². The molecule has 0 unspecified atom stereocenters. The molecule has 1 aliphatic heterocycles. The summed E-state index contributed by atoms with van der Waals surface area (Å²) < 4.78 is 5.00. The van der Waals surface area contributed by atoms with Crippen LogP contribution >= 0.6 is 0 Å². The Morgan fingerprint density at radius 3 is 2.92 bits per heavy atom. The first-order valence-electron chi connectivity index (χ1n) is 3.75. The van der Waals surface area contributed by atoms with Crippen LogP contribution in [0.25, 0.3) is 5.57 Å². The molecule has 1 aromatic rings. The average Bonchev–Trinajstić information content (AvgIpc) is 2.04. The van der Waals surface area contributed by atoms with Crippen molar-refractivity contribution in [3.8, 4) is 5.75 Å². The van der Waals surface area contributed by atoms with E-state index in [1.54, 1.807) is 6.07 Å². The van der Waals surface area contributed by atoms with Gasteiger partial charge < -0.3 is 4.74 Å². The number of ether oxygens (including phenoxy) is 1. The second-order valence-corrected chi connectivity index (χ2v) is 2.75. The number of rotatable bonds is 0. The van der Waals surface area contributed by atoms with Gasteiger partial charge in [-0.25, -0.2) is 0 Å². The summed E-state index contributed by atoms with van der Waals surface area (Å²) in [6, 6.07) is 7.43. The molecule has 0 aliphatic carbocycles. The van der Waals surface area contributed by atoms with E-state index in [0.29, 0.717) is 12.2 Å². The highest BCUT2D eigenvalue weighted by Gasteiger charge is 2.18. The largest absolute Gasteiger partial charge is 0.426 e. The molecule has 0 amide bonds. The molecule has 60 valence electrons. The lowest BCUT2D eigenvalue weighted by molar-refractivity contribution is -0.133. The van der Waals surface area contributed by atoms with Crippen LogP contribution in [-0.4, -0.2) is 5.97 Å². The number of fused-ring (bicyclic) bond motifs is 1. The Morgan fingerprint density at radius 2 is 2.08 bits per heavy atom. The maximum Gasteiger partial charge on any atom is 0.315 e. The second-order valence-electron chi connectivity index (χ2n) is 2.75. The van der Waals surface area contributed by atoms with Crippen molar-refractivity contribution in [2.24, 2.45) is 0 Å². The minimum Gasteiger partial charge on any atom is -0.426 e. The maximum absolute atomic E-state index is 11.0. The SMILES string of the molecule is C=C1CC(=O)Oc2ccccc21. The minimum atomic E-state index is -0.223. The fraction of sp³-hybridized carbons (Fsp3) is 0.100. The van der Waals surface area contributed by atoms with Gasteiger partial charge in [-0.15, -0.1) is 0 Å². The van der Waals surface area contributed by atoms with Crippen LogP contribution in [0.15, 0.2) is 30.8 Å². The summed E-state index contributed by atoms with van der Waals surface area (Å²) in [6.07, 6.45) is 0.303. The van der Waals surface area contributed by atoms with E-state index in [2.05, 4.69) is 6.58 Å². The number of para-hydroxylation sites is 1. The highest BCUT2D eigenvalue weighted by molar-refractivity contribution is 5.91. The van der Waals surface area contributed by atoms with Crippen molar-refractivity contribution in [1.29, 1.82) is 0 Å². The van der Waals surface area contributed by atoms with Gasteiger partial charge in [0.05, 0.1) is 6.42 Å². The van der Waals surface area contributed by atoms with Gasteiger partial charge >= 0.3 is 5.97 Å². The molecular weight excluding hydrogens is 152 g/mol. The molecule has 1 aliphatic rings. The van der Waals surface area contributed by atoms with E-state index >= 15 is 0 Å². The van der Waals surface area contributed by atoms with E-state index < -0.39 is 0 Å². The molecule has 0 saturated heterocycles. The summed E-state index contributed by atoms with van der Waals surface area (Å²) in [5.41, 5.74) is 1.78. The van der Waals surface area contributed by atoms with Crippen molar-refractivity contribution in [2.45, 2.75) is 6.42 Å². The minimum absolute atomic E-state index is 0.223. The predicted molar refractivity (Wildman–Crippen MR) is 45.7 cm³/mol. The molecule has 2 heteroatoms. The number of carbonyl (C=O) groups excluding carboxylic acids is 1. The average molecular weight is 160 g/mol. The number of esters is 1. The van der Waals surface area contributed by atoms with Gasteiger partial charge in [-0.05, 0) is 11.6 Å². The maximum atomic E-state index is 11.0. The molecule has 0 spiro atoms. The van der Waals surface area contributed by atoms with Crippen molar-refractivity contribution in [2.75, 3.05) is 0 Å². The van der Waals surface area contributed by atoms with E-state index in [1.165, 1.54) is 0 Å². The predicted octanol–water partition coefficient (Wildman–Crippen LogP) is 2.01. The lowest BCUT2D eigenvalue weighted by Gasteiger charge is -2.16. The van der Waals surface area contributed by atoms with Crippen LogP contribution in [0.5, 0.6) is 5.75 Å². The van der Waals surface area contributed by atoms with Crippen LogP contribution in [0, 0.1) is 0 Å². The fourth-order valence-electron chi connectivity index (χ4n) is 1.28. The molecular formula is C10H8O2. The highest BCUT2D eigenvalue weighted by atomic mass is 16.5. The van der Waals surface area contributed by atoms with Crippen LogP contribution in [-0.2, 0) is 4.79 Å². The zero-order valence-corrected chi connectivity index (χ0v) is 6.54. The normalized spacial score (nSPS) is 15.3. The highest BCUT2D eigenvalue weighted by Crippen LogP contribution is 2.31.